The number of carbonyl (C=O) groups excluding carboxylic acids is 2. The minimum atomic E-state index is -0.698. The fourth-order valence-corrected chi connectivity index (χ4v) is 0.474. The molecule has 13 heavy (non-hydrogen) atoms. The van der Waals surface area contributed by atoms with Gasteiger partial charge in [0.25, 0.3) is 0 Å². The fraction of sp³-hybridized carbons (Fsp3) is 0.714. The van der Waals surface area contributed by atoms with Crippen LogP contribution in [-0.4, -0.2) is 24.8 Å². The van der Waals surface area contributed by atoms with Gasteiger partial charge in [-0.25, -0.2) is 20.4 Å². The zero-order valence-corrected chi connectivity index (χ0v) is 8.22. The van der Waals surface area contributed by atoms with Gasteiger partial charge in [-0.3, -0.25) is 0 Å². The summed E-state index contributed by atoms with van der Waals surface area (Å²) >= 11 is 0. The van der Waals surface area contributed by atoms with E-state index in [0.29, 0.717) is 0 Å². The number of hydrogen-bond acceptors (Lipinski definition) is 3. The maximum Gasteiger partial charge on any atom is 0.426 e. The average molecular weight is 189 g/mol. The van der Waals surface area contributed by atoms with Gasteiger partial charge in [-0.05, 0) is 20.8 Å². The number of ether oxygens (including phenoxy) is 1. The Kier molecular flexibility index (Phi) is 4.03. The largest absolute Gasteiger partial charge is 0.443 e. The Labute approximate surface area is 77.0 Å². The Hall–Kier alpha value is -1.46. The molecule has 0 bridgehead atoms. The molecule has 0 saturated heterocycles. The molecule has 0 atom stereocenters. The number of hydrazine groups is 1. The molecule has 6 nitrogen and oxygen atoms in total. The van der Waals surface area contributed by atoms with Gasteiger partial charge >= 0.3 is 12.1 Å². The summed E-state index contributed by atoms with van der Waals surface area (Å²) in [6, 6.07) is -0.508. The van der Waals surface area contributed by atoms with E-state index >= 15 is 0 Å². The highest BCUT2D eigenvalue weighted by Crippen LogP contribution is 2.05. The first-order valence-corrected chi connectivity index (χ1v) is 3.82. The topological polar surface area (TPSA) is 79.5 Å². The van der Waals surface area contributed by atoms with Crippen molar-refractivity contribution >= 4 is 12.1 Å². The second kappa shape index (κ2) is 4.54. The van der Waals surface area contributed by atoms with Crippen molar-refractivity contribution in [3.63, 3.8) is 0 Å². The summed E-state index contributed by atoms with van der Waals surface area (Å²) in [6.07, 6.45) is -0.698. The van der Waals surface area contributed by atoms with E-state index in [-0.39, 0.29) is 0 Å². The van der Waals surface area contributed by atoms with Gasteiger partial charge in [0, 0.05) is 7.05 Å². The third kappa shape index (κ3) is 6.92. The monoisotopic (exact) mass is 189 g/mol. The van der Waals surface area contributed by atoms with Crippen LogP contribution in [0.25, 0.3) is 0 Å². The highest BCUT2D eigenvalue weighted by molar-refractivity contribution is 5.77. The normalized spacial score (nSPS) is 10.2. The maximum absolute atomic E-state index is 10.9. The van der Waals surface area contributed by atoms with Crippen molar-refractivity contribution in [2.45, 2.75) is 26.4 Å². The summed E-state index contributed by atoms with van der Waals surface area (Å²) in [7, 11) is 1.44. The number of amides is 3. The van der Waals surface area contributed by atoms with Crippen LogP contribution in [0.2, 0.25) is 0 Å². The molecule has 0 fully saturated rings. The molecule has 0 aromatic rings. The molecular weight excluding hydrogens is 174 g/mol. The summed E-state index contributed by atoms with van der Waals surface area (Å²) in [5.74, 6) is 0. The Balaban J connectivity index is 3.71. The molecule has 76 valence electrons. The van der Waals surface area contributed by atoms with Crippen LogP contribution >= 0.6 is 0 Å². The Bertz CT molecular complexity index is 198. The molecule has 3 N–H and O–H groups in total. The molecule has 0 rings (SSSR count). The minimum absolute atomic E-state index is 0.508. The van der Waals surface area contributed by atoms with Crippen LogP contribution < -0.4 is 16.2 Å². The molecule has 0 aromatic carbocycles. The van der Waals surface area contributed by atoms with Crippen LogP contribution in [0.1, 0.15) is 20.8 Å². The smallest absolute Gasteiger partial charge is 0.426 e. The number of carbonyl (C=O) groups is 2. The van der Waals surface area contributed by atoms with E-state index in [9.17, 15) is 9.59 Å². The standard InChI is InChI=1S/C7H15N3O3/c1-7(2,3)13-6(12)10-9-5(11)8-4/h1-4H3,(H,10,12)(H2,8,9,11). The van der Waals surface area contributed by atoms with E-state index in [1.807, 2.05) is 0 Å². The quantitative estimate of drug-likeness (QED) is 0.481. The van der Waals surface area contributed by atoms with Crippen LogP contribution in [0.3, 0.4) is 0 Å². The van der Waals surface area contributed by atoms with Crippen LogP contribution in [0, 0.1) is 0 Å². The molecular formula is C7H15N3O3. The van der Waals surface area contributed by atoms with Crippen LogP contribution in [0.4, 0.5) is 9.59 Å². The fourth-order valence-electron chi connectivity index (χ4n) is 0.474. The molecule has 0 unspecified atom stereocenters. The molecule has 6 heteroatoms. The van der Waals surface area contributed by atoms with Gasteiger partial charge in [0.15, 0.2) is 0 Å². The summed E-state index contributed by atoms with van der Waals surface area (Å²) in [5, 5.41) is 2.26. The van der Waals surface area contributed by atoms with Gasteiger partial charge in [0.05, 0.1) is 0 Å². The zero-order chi connectivity index (χ0) is 10.5. The van der Waals surface area contributed by atoms with Crippen molar-refractivity contribution in [2.75, 3.05) is 7.05 Å². The summed E-state index contributed by atoms with van der Waals surface area (Å²) in [4.78, 5) is 21.5. The van der Waals surface area contributed by atoms with E-state index in [1.165, 1.54) is 7.05 Å². The Morgan fingerprint density at radius 2 is 1.69 bits per heavy atom. The van der Waals surface area contributed by atoms with Crippen molar-refractivity contribution in [1.82, 2.24) is 16.2 Å². The predicted octanol–water partition coefficient (Wildman–Crippen LogP) is 0.355. The third-order valence-corrected chi connectivity index (χ3v) is 0.904. The van der Waals surface area contributed by atoms with E-state index < -0.39 is 17.7 Å². The number of hydrogen-bond donors (Lipinski definition) is 3. The second-order valence-corrected chi connectivity index (χ2v) is 3.33. The first-order valence-electron chi connectivity index (χ1n) is 3.82. The number of rotatable bonds is 0. The molecule has 3 amide bonds. The van der Waals surface area contributed by atoms with Gasteiger partial charge < -0.3 is 10.1 Å². The first-order chi connectivity index (χ1) is 5.85. The molecule has 0 saturated carbocycles. The van der Waals surface area contributed by atoms with Gasteiger partial charge in [-0.1, -0.05) is 0 Å². The summed E-state index contributed by atoms with van der Waals surface area (Å²) in [6.45, 7) is 5.19. The van der Waals surface area contributed by atoms with Crippen LogP contribution in [-0.2, 0) is 4.74 Å². The third-order valence-electron chi connectivity index (χ3n) is 0.904. The van der Waals surface area contributed by atoms with Gasteiger partial charge in [0.2, 0.25) is 0 Å². The molecule has 0 aromatic heterocycles. The first kappa shape index (κ1) is 11.5. The lowest BCUT2D eigenvalue weighted by Crippen LogP contribution is -2.47. The molecule has 0 aliphatic carbocycles. The molecule has 0 aliphatic heterocycles. The molecule has 0 radical (unpaired) electrons. The van der Waals surface area contributed by atoms with Crippen molar-refractivity contribution in [1.29, 1.82) is 0 Å². The van der Waals surface area contributed by atoms with Gasteiger partial charge in [-0.2, -0.15) is 0 Å². The van der Waals surface area contributed by atoms with Crippen molar-refractivity contribution in [3.8, 4) is 0 Å². The highest BCUT2D eigenvalue weighted by Gasteiger charge is 2.15. The lowest BCUT2D eigenvalue weighted by molar-refractivity contribution is 0.0505. The number of nitrogens with one attached hydrogen (secondary N) is 3. The van der Waals surface area contributed by atoms with E-state index in [1.54, 1.807) is 20.8 Å². The summed E-state index contributed by atoms with van der Waals surface area (Å²) < 4.78 is 4.84. The minimum Gasteiger partial charge on any atom is -0.443 e. The van der Waals surface area contributed by atoms with Crippen LogP contribution in [0.15, 0.2) is 0 Å². The SMILES string of the molecule is CNC(=O)NNC(=O)OC(C)(C)C. The molecule has 0 aliphatic rings. The van der Waals surface area contributed by atoms with Crippen LogP contribution in [0.5, 0.6) is 0 Å². The van der Waals surface area contributed by atoms with Crippen molar-refractivity contribution in [3.05, 3.63) is 0 Å². The lowest BCUT2D eigenvalue weighted by atomic mass is 10.2. The lowest BCUT2D eigenvalue weighted by Gasteiger charge is -2.19. The second-order valence-electron chi connectivity index (χ2n) is 3.33. The predicted molar refractivity (Wildman–Crippen MR) is 47.0 cm³/mol. The maximum atomic E-state index is 10.9. The Morgan fingerprint density at radius 3 is 2.08 bits per heavy atom. The average Bonchev–Trinajstić information content (AvgIpc) is 1.97. The van der Waals surface area contributed by atoms with Gasteiger partial charge in [-0.15, -0.1) is 0 Å². The van der Waals surface area contributed by atoms with Crippen molar-refractivity contribution < 1.29 is 14.3 Å². The summed E-state index contributed by atoms with van der Waals surface area (Å²) in [5.41, 5.74) is 3.57. The van der Waals surface area contributed by atoms with E-state index in [2.05, 4.69) is 16.2 Å². The zero-order valence-electron chi connectivity index (χ0n) is 8.22. The van der Waals surface area contributed by atoms with Gasteiger partial charge in [0.1, 0.15) is 5.60 Å². The number of urea groups is 1. The van der Waals surface area contributed by atoms with Crippen molar-refractivity contribution in [2.24, 2.45) is 0 Å². The Morgan fingerprint density at radius 1 is 1.15 bits per heavy atom. The van der Waals surface area contributed by atoms with E-state index in [4.69, 9.17) is 4.74 Å². The van der Waals surface area contributed by atoms with E-state index in [0.717, 1.165) is 0 Å². The molecule has 0 heterocycles. The highest BCUT2D eigenvalue weighted by atomic mass is 16.6. The molecule has 0 spiro atoms.